The second-order valence-corrected chi connectivity index (χ2v) is 9.83. The predicted molar refractivity (Wildman–Crippen MR) is 137 cm³/mol. The van der Waals surface area contributed by atoms with Gasteiger partial charge in [0.1, 0.15) is 29.5 Å². The Kier molecular flexibility index (Phi) is 6.28. The van der Waals surface area contributed by atoms with Gasteiger partial charge in [-0.15, -0.1) is 11.8 Å². The number of halogens is 1. The summed E-state index contributed by atoms with van der Waals surface area (Å²) in [5.74, 6) is -1.19. The maximum atomic E-state index is 13.5. The number of carbonyl (C=O) groups excluding carboxylic acids is 2. The number of aryl methyl sites for hydroxylation is 1. The molecule has 4 aromatic heterocycles. The van der Waals surface area contributed by atoms with E-state index in [1.807, 2.05) is 33.1 Å². The van der Waals surface area contributed by atoms with Crippen molar-refractivity contribution < 1.29 is 14.0 Å². The quantitative estimate of drug-likeness (QED) is 0.388. The van der Waals surface area contributed by atoms with Gasteiger partial charge in [0.05, 0.1) is 24.0 Å². The molecule has 37 heavy (non-hydrogen) atoms. The number of amides is 2. The lowest BCUT2D eigenvalue weighted by molar-refractivity contribution is -0.116. The molecule has 0 saturated carbocycles. The summed E-state index contributed by atoms with van der Waals surface area (Å²) in [5.41, 5.74) is 2.42. The molecule has 0 unspecified atom stereocenters. The lowest BCUT2D eigenvalue weighted by atomic mass is 10.2. The van der Waals surface area contributed by atoms with Crippen molar-refractivity contribution in [3.8, 4) is 11.3 Å². The third-order valence-corrected chi connectivity index (χ3v) is 6.96. The third kappa shape index (κ3) is 4.37. The van der Waals surface area contributed by atoms with Crippen molar-refractivity contribution in [1.29, 1.82) is 0 Å². The molecule has 0 aliphatic carbocycles. The number of hydrogen-bond donors (Lipinski definition) is 1. The molecule has 10 nitrogen and oxygen atoms in total. The molecule has 4 aromatic rings. The van der Waals surface area contributed by atoms with Gasteiger partial charge in [0.2, 0.25) is 5.91 Å². The van der Waals surface area contributed by atoms with Crippen molar-refractivity contribution in [2.75, 3.05) is 11.6 Å². The van der Waals surface area contributed by atoms with E-state index in [2.05, 4.69) is 20.4 Å². The van der Waals surface area contributed by atoms with Gasteiger partial charge in [0.25, 0.3) is 11.5 Å². The summed E-state index contributed by atoms with van der Waals surface area (Å²) in [6.07, 6.45) is 4.63. The second kappa shape index (κ2) is 9.43. The zero-order chi connectivity index (χ0) is 26.4. The van der Waals surface area contributed by atoms with Gasteiger partial charge in [0, 0.05) is 34.5 Å². The average Bonchev–Trinajstić information content (AvgIpc) is 3.46. The Labute approximate surface area is 215 Å². The van der Waals surface area contributed by atoms with Crippen LogP contribution in [0.3, 0.4) is 0 Å². The Morgan fingerprint density at radius 3 is 2.65 bits per heavy atom. The molecule has 0 atom stereocenters. The van der Waals surface area contributed by atoms with Crippen molar-refractivity contribution >= 4 is 35.0 Å². The monoisotopic (exact) mass is 521 g/mol. The van der Waals surface area contributed by atoms with E-state index in [9.17, 15) is 18.8 Å². The van der Waals surface area contributed by atoms with Crippen LogP contribution < -0.4 is 10.9 Å². The lowest BCUT2D eigenvalue weighted by Crippen LogP contribution is -2.32. The van der Waals surface area contributed by atoms with Crippen LogP contribution in [0.1, 0.15) is 35.6 Å². The lowest BCUT2D eigenvalue weighted by Gasteiger charge is -2.20. The molecule has 0 aromatic carbocycles. The van der Waals surface area contributed by atoms with Gasteiger partial charge in [-0.2, -0.15) is 9.61 Å². The summed E-state index contributed by atoms with van der Waals surface area (Å²) in [7, 11) is 0. The fourth-order valence-corrected chi connectivity index (χ4v) is 5.03. The summed E-state index contributed by atoms with van der Waals surface area (Å²) in [6.45, 7) is 5.46. The standard InChI is InChI=1S/C25H24FN7O3S/c1-13(2)31-11-17-23(25(31)36)32(12-21(34)29-20-6-5-15(26)9-28-20)22-8-18(30-33(22)24(17)35)16-10-27-14(3)7-19(16)37-4/h5-10,13H,11-12H2,1-4H3,(H,28,29,34). The van der Waals surface area contributed by atoms with Crippen LogP contribution in [0.25, 0.3) is 16.9 Å². The Balaban J connectivity index is 1.66. The molecule has 1 N–H and O–H groups in total. The Morgan fingerprint density at radius 2 is 1.97 bits per heavy atom. The molecule has 2 amide bonds. The number of thioether (sulfide) groups is 1. The smallest absolute Gasteiger partial charge is 0.280 e. The minimum atomic E-state index is -0.528. The molecule has 0 spiro atoms. The molecule has 1 aliphatic rings. The van der Waals surface area contributed by atoms with E-state index < -0.39 is 17.3 Å². The molecule has 0 radical (unpaired) electrons. The molecule has 1 aliphatic heterocycles. The van der Waals surface area contributed by atoms with E-state index >= 15 is 0 Å². The van der Waals surface area contributed by atoms with Crippen LogP contribution in [0, 0.1) is 12.7 Å². The summed E-state index contributed by atoms with van der Waals surface area (Å²) >= 11 is 1.53. The van der Waals surface area contributed by atoms with Gasteiger partial charge in [-0.25, -0.2) is 9.37 Å². The van der Waals surface area contributed by atoms with Crippen molar-refractivity contribution in [3.05, 3.63) is 69.8 Å². The fraction of sp³-hybridized carbons (Fsp3) is 0.280. The Bertz CT molecular complexity index is 1610. The second-order valence-electron chi connectivity index (χ2n) is 8.98. The predicted octanol–water partition coefficient (Wildman–Crippen LogP) is 3.13. The van der Waals surface area contributed by atoms with Crippen LogP contribution in [0.2, 0.25) is 0 Å². The van der Waals surface area contributed by atoms with Gasteiger partial charge < -0.3 is 14.8 Å². The van der Waals surface area contributed by atoms with E-state index in [0.717, 1.165) is 22.3 Å². The number of pyridine rings is 2. The molecule has 190 valence electrons. The Morgan fingerprint density at radius 1 is 1.19 bits per heavy atom. The summed E-state index contributed by atoms with van der Waals surface area (Å²) < 4.78 is 16.0. The van der Waals surface area contributed by atoms with Gasteiger partial charge in [-0.3, -0.25) is 19.4 Å². The topological polar surface area (TPSA) is 114 Å². The molecule has 0 saturated heterocycles. The number of carbonyl (C=O) groups is 2. The first-order valence-corrected chi connectivity index (χ1v) is 12.8. The number of aromatic nitrogens is 5. The van der Waals surface area contributed by atoms with E-state index in [4.69, 9.17) is 0 Å². The van der Waals surface area contributed by atoms with Gasteiger partial charge in [0.15, 0.2) is 0 Å². The summed E-state index contributed by atoms with van der Waals surface area (Å²) in [5, 5.41) is 7.19. The number of anilines is 1. The summed E-state index contributed by atoms with van der Waals surface area (Å²) in [4.78, 5) is 50.6. The molecule has 5 rings (SSSR count). The van der Waals surface area contributed by atoms with Crippen molar-refractivity contribution in [2.45, 2.75) is 44.8 Å². The largest absolute Gasteiger partial charge is 0.330 e. The average molecular weight is 522 g/mol. The van der Waals surface area contributed by atoms with Crippen LogP contribution in [-0.4, -0.2) is 53.2 Å². The highest BCUT2D eigenvalue weighted by molar-refractivity contribution is 7.98. The van der Waals surface area contributed by atoms with Crippen LogP contribution >= 0.6 is 11.8 Å². The van der Waals surface area contributed by atoms with Gasteiger partial charge in [-0.1, -0.05) is 0 Å². The number of rotatable bonds is 6. The maximum Gasteiger partial charge on any atom is 0.280 e. The molecule has 0 bridgehead atoms. The number of nitrogens with one attached hydrogen (secondary N) is 1. The molecular formula is C25H24FN7O3S. The van der Waals surface area contributed by atoms with Crippen molar-refractivity contribution in [3.63, 3.8) is 0 Å². The van der Waals surface area contributed by atoms with E-state index in [1.165, 1.54) is 33.0 Å². The van der Waals surface area contributed by atoms with Gasteiger partial charge >= 0.3 is 0 Å². The van der Waals surface area contributed by atoms with Crippen LogP contribution in [0.15, 0.2) is 46.3 Å². The van der Waals surface area contributed by atoms with Crippen molar-refractivity contribution in [2.24, 2.45) is 0 Å². The zero-order valence-electron chi connectivity index (χ0n) is 20.6. The highest BCUT2D eigenvalue weighted by Gasteiger charge is 2.36. The van der Waals surface area contributed by atoms with E-state index in [1.54, 1.807) is 17.2 Å². The minimum absolute atomic E-state index is 0.124. The normalized spacial score (nSPS) is 13.0. The number of nitrogens with zero attached hydrogens (tertiary/aromatic N) is 6. The molecule has 12 heteroatoms. The first-order chi connectivity index (χ1) is 17.7. The first-order valence-electron chi connectivity index (χ1n) is 11.6. The molecular weight excluding hydrogens is 497 g/mol. The highest BCUT2D eigenvalue weighted by Crippen LogP contribution is 2.31. The fourth-order valence-electron chi connectivity index (χ4n) is 4.37. The number of fused-ring (bicyclic) bond motifs is 2. The summed E-state index contributed by atoms with van der Waals surface area (Å²) in [6, 6.07) is 6.00. The van der Waals surface area contributed by atoms with Crippen LogP contribution in [0.4, 0.5) is 10.2 Å². The highest BCUT2D eigenvalue weighted by atomic mass is 32.2. The SMILES string of the molecule is CSc1cc(C)ncc1-c1cc2n(CC(=O)Nc3ccc(F)cn3)c3c(c(=O)n2n1)CN(C(C)C)C3=O. The molecule has 5 heterocycles. The first kappa shape index (κ1) is 24.6. The van der Waals surface area contributed by atoms with E-state index in [-0.39, 0.29) is 42.1 Å². The maximum absolute atomic E-state index is 13.5. The minimum Gasteiger partial charge on any atom is -0.330 e. The van der Waals surface area contributed by atoms with Gasteiger partial charge in [-0.05, 0) is 45.2 Å². The van der Waals surface area contributed by atoms with Crippen LogP contribution in [0.5, 0.6) is 0 Å². The Hall–Kier alpha value is -4.06. The molecule has 0 fully saturated rings. The number of hydrogen-bond acceptors (Lipinski definition) is 7. The van der Waals surface area contributed by atoms with Crippen molar-refractivity contribution in [1.82, 2.24) is 29.0 Å². The third-order valence-electron chi connectivity index (χ3n) is 6.18. The zero-order valence-corrected chi connectivity index (χ0v) is 21.5. The van der Waals surface area contributed by atoms with E-state index in [0.29, 0.717) is 11.3 Å². The van der Waals surface area contributed by atoms with Crippen LogP contribution in [-0.2, 0) is 17.9 Å².